The number of hydrogen-bond donors (Lipinski definition) is 2. The number of ether oxygens (including phenoxy) is 1. The number of aryl methyl sites for hydroxylation is 1. The molecule has 0 aliphatic carbocycles. The maximum absolute atomic E-state index is 5.32. The monoisotopic (exact) mass is 307 g/mol. The van der Waals surface area contributed by atoms with Crippen molar-refractivity contribution in [3.8, 4) is 0 Å². The van der Waals surface area contributed by atoms with E-state index in [-0.39, 0.29) is 0 Å². The van der Waals surface area contributed by atoms with Crippen molar-refractivity contribution in [1.29, 1.82) is 0 Å². The molecule has 1 aliphatic rings. The Labute approximate surface area is 131 Å². The molecule has 2 N–H and O–H groups in total. The number of aliphatic imine (C=N–C) groups is 1. The first-order chi connectivity index (χ1) is 10.3. The highest BCUT2D eigenvalue weighted by Gasteiger charge is 2.04. The van der Waals surface area contributed by atoms with Gasteiger partial charge in [-0.25, -0.2) is 0 Å². The van der Waals surface area contributed by atoms with Gasteiger partial charge in [0.25, 0.3) is 0 Å². The molecule has 0 amide bonds. The Kier molecular flexibility index (Phi) is 6.76. The van der Waals surface area contributed by atoms with Crippen LogP contribution in [0.25, 0.3) is 0 Å². The lowest BCUT2D eigenvalue weighted by molar-refractivity contribution is 0.153. The van der Waals surface area contributed by atoms with Crippen LogP contribution >= 0.6 is 11.3 Å². The summed E-state index contributed by atoms with van der Waals surface area (Å²) in [6.07, 6.45) is 5.42. The van der Waals surface area contributed by atoms with Crippen LogP contribution in [0.2, 0.25) is 0 Å². The summed E-state index contributed by atoms with van der Waals surface area (Å²) in [4.78, 5) is 7.05. The molecule has 2 rings (SSSR count). The Hall–Kier alpha value is -1.33. The van der Waals surface area contributed by atoms with Gasteiger partial charge in [0.1, 0.15) is 0 Å². The molecule has 2 heterocycles. The van der Waals surface area contributed by atoms with Crippen LogP contribution in [0.3, 0.4) is 0 Å². The molecule has 0 bridgehead atoms. The van der Waals surface area contributed by atoms with Gasteiger partial charge in [0.15, 0.2) is 5.96 Å². The molecule has 0 spiro atoms. The number of rotatable bonds is 6. The van der Waals surface area contributed by atoms with E-state index in [4.69, 9.17) is 4.74 Å². The van der Waals surface area contributed by atoms with Gasteiger partial charge in [-0.3, -0.25) is 4.99 Å². The molecule has 116 valence electrons. The SMILES string of the molecule is CCc1ccc(CNC(=NC)NCCC2=CCOCC2)s1. The van der Waals surface area contributed by atoms with Crippen molar-refractivity contribution < 1.29 is 4.74 Å². The van der Waals surface area contributed by atoms with Crippen LogP contribution in [-0.4, -0.2) is 32.8 Å². The summed E-state index contributed by atoms with van der Waals surface area (Å²) < 4.78 is 5.32. The lowest BCUT2D eigenvalue weighted by Crippen LogP contribution is -2.37. The molecule has 1 aliphatic heterocycles. The summed E-state index contributed by atoms with van der Waals surface area (Å²) in [5.74, 6) is 0.870. The van der Waals surface area contributed by atoms with Gasteiger partial charge in [0, 0.05) is 23.3 Å². The third-order valence-electron chi connectivity index (χ3n) is 3.52. The molecule has 5 heteroatoms. The van der Waals surface area contributed by atoms with E-state index in [9.17, 15) is 0 Å². The highest BCUT2D eigenvalue weighted by molar-refractivity contribution is 7.11. The Morgan fingerprint density at radius 3 is 2.86 bits per heavy atom. The Bertz CT molecular complexity index is 493. The molecule has 0 saturated heterocycles. The van der Waals surface area contributed by atoms with Crippen molar-refractivity contribution in [1.82, 2.24) is 10.6 Å². The van der Waals surface area contributed by atoms with Crippen LogP contribution in [0, 0.1) is 0 Å². The largest absolute Gasteiger partial charge is 0.377 e. The third kappa shape index (κ3) is 5.52. The van der Waals surface area contributed by atoms with Crippen molar-refractivity contribution in [3.63, 3.8) is 0 Å². The van der Waals surface area contributed by atoms with Gasteiger partial charge in [-0.15, -0.1) is 11.3 Å². The summed E-state index contributed by atoms with van der Waals surface area (Å²) in [5, 5.41) is 6.74. The van der Waals surface area contributed by atoms with E-state index in [1.807, 2.05) is 18.4 Å². The van der Waals surface area contributed by atoms with Gasteiger partial charge < -0.3 is 15.4 Å². The van der Waals surface area contributed by atoms with Crippen molar-refractivity contribution in [3.05, 3.63) is 33.5 Å². The molecule has 1 aromatic heterocycles. The van der Waals surface area contributed by atoms with E-state index in [2.05, 4.69) is 40.8 Å². The van der Waals surface area contributed by atoms with Crippen molar-refractivity contribution >= 4 is 17.3 Å². The predicted octanol–water partition coefficient (Wildman–Crippen LogP) is 2.71. The topological polar surface area (TPSA) is 45.7 Å². The normalized spacial score (nSPS) is 15.7. The maximum Gasteiger partial charge on any atom is 0.191 e. The van der Waals surface area contributed by atoms with Crippen molar-refractivity contribution in [2.75, 3.05) is 26.8 Å². The van der Waals surface area contributed by atoms with Crippen LogP contribution in [0.1, 0.15) is 29.5 Å². The number of nitrogens with zero attached hydrogens (tertiary/aromatic N) is 1. The number of nitrogens with one attached hydrogen (secondary N) is 2. The second-order valence-corrected chi connectivity index (χ2v) is 6.26. The third-order valence-corrected chi connectivity index (χ3v) is 4.74. The summed E-state index contributed by atoms with van der Waals surface area (Å²) in [6, 6.07) is 4.39. The fraction of sp³-hybridized carbons (Fsp3) is 0.562. The molecule has 0 saturated carbocycles. The van der Waals surface area contributed by atoms with E-state index >= 15 is 0 Å². The van der Waals surface area contributed by atoms with Crippen LogP contribution in [0.5, 0.6) is 0 Å². The Morgan fingerprint density at radius 1 is 1.33 bits per heavy atom. The fourth-order valence-electron chi connectivity index (χ4n) is 2.23. The van der Waals surface area contributed by atoms with E-state index in [1.165, 1.54) is 15.3 Å². The number of hydrogen-bond acceptors (Lipinski definition) is 3. The van der Waals surface area contributed by atoms with Gasteiger partial charge in [0.05, 0.1) is 19.8 Å². The lowest BCUT2D eigenvalue weighted by atomic mass is 10.1. The average Bonchev–Trinajstić information content (AvgIpc) is 3.00. The minimum atomic E-state index is 0.764. The Morgan fingerprint density at radius 2 is 2.19 bits per heavy atom. The highest BCUT2D eigenvalue weighted by Crippen LogP contribution is 2.16. The fourth-order valence-corrected chi connectivity index (χ4v) is 3.13. The first-order valence-electron chi connectivity index (χ1n) is 7.59. The minimum absolute atomic E-state index is 0.764. The predicted molar refractivity (Wildman–Crippen MR) is 90.0 cm³/mol. The molecule has 0 atom stereocenters. The van der Waals surface area contributed by atoms with Gasteiger partial charge >= 0.3 is 0 Å². The first-order valence-corrected chi connectivity index (χ1v) is 8.41. The molecule has 0 unspecified atom stereocenters. The van der Waals surface area contributed by atoms with Gasteiger partial charge in [0.2, 0.25) is 0 Å². The average molecular weight is 307 g/mol. The summed E-state index contributed by atoms with van der Waals surface area (Å²) in [7, 11) is 1.81. The van der Waals surface area contributed by atoms with E-state index in [0.29, 0.717) is 0 Å². The quantitative estimate of drug-likeness (QED) is 0.482. The van der Waals surface area contributed by atoms with Crippen LogP contribution in [-0.2, 0) is 17.7 Å². The lowest BCUT2D eigenvalue weighted by Gasteiger charge is -2.15. The maximum atomic E-state index is 5.32. The van der Waals surface area contributed by atoms with E-state index in [0.717, 1.165) is 51.5 Å². The molecule has 0 aromatic carbocycles. The molecular formula is C16H25N3OS. The van der Waals surface area contributed by atoms with Gasteiger partial charge in [-0.1, -0.05) is 18.6 Å². The molecule has 0 fully saturated rings. The zero-order valence-corrected chi connectivity index (χ0v) is 13.8. The second kappa shape index (κ2) is 8.85. The molecule has 4 nitrogen and oxygen atoms in total. The molecule has 1 aromatic rings. The van der Waals surface area contributed by atoms with Crippen LogP contribution < -0.4 is 10.6 Å². The number of thiophene rings is 1. The molecular weight excluding hydrogens is 282 g/mol. The minimum Gasteiger partial charge on any atom is -0.377 e. The Balaban J connectivity index is 1.69. The van der Waals surface area contributed by atoms with Crippen LogP contribution in [0.4, 0.5) is 0 Å². The van der Waals surface area contributed by atoms with Crippen molar-refractivity contribution in [2.45, 2.75) is 32.7 Å². The van der Waals surface area contributed by atoms with E-state index in [1.54, 1.807) is 0 Å². The summed E-state index contributed by atoms with van der Waals surface area (Å²) >= 11 is 1.86. The van der Waals surface area contributed by atoms with Gasteiger partial charge in [-0.2, -0.15) is 0 Å². The smallest absolute Gasteiger partial charge is 0.191 e. The highest BCUT2D eigenvalue weighted by atomic mass is 32.1. The van der Waals surface area contributed by atoms with E-state index < -0.39 is 0 Å². The summed E-state index contributed by atoms with van der Waals surface area (Å²) in [6.45, 7) is 5.56. The zero-order valence-electron chi connectivity index (χ0n) is 12.9. The molecule has 21 heavy (non-hydrogen) atoms. The second-order valence-electron chi connectivity index (χ2n) is 5.01. The standard InChI is InChI=1S/C16H25N3OS/c1-3-14-4-5-15(21-14)12-19-16(17-2)18-9-6-13-7-10-20-11-8-13/h4-5,7H,3,6,8-12H2,1-2H3,(H2,17,18,19). The van der Waals surface area contributed by atoms with Gasteiger partial charge in [-0.05, 0) is 31.4 Å². The first kappa shape index (κ1) is 16.0. The summed E-state index contributed by atoms with van der Waals surface area (Å²) in [5.41, 5.74) is 1.48. The van der Waals surface area contributed by atoms with Crippen molar-refractivity contribution in [2.24, 2.45) is 4.99 Å². The number of guanidine groups is 1. The molecule has 0 radical (unpaired) electrons. The van der Waals surface area contributed by atoms with Crippen LogP contribution in [0.15, 0.2) is 28.8 Å². The zero-order chi connectivity index (χ0) is 14.9.